The Morgan fingerprint density at radius 3 is 2.58 bits per heavy atom. The third kappa shape index (κ3) is 4.60. The van der Waals surface area contributed by atoms with E-state index in [1.54, 1.807) is 0 Å². The molecule has 0 aromatic rings. The molecule has 1 saturated heterocycles. The van der Waals surface area contributed by atoms with E-state index in [0.717, 1.165) is 38.8 Å². The zero-order chi connectivity index (χ0) is 14.4. The van der Waals surface area contributed by atoms with E-state index in [2.05, 4.69) is 6.92 Å². The molecule has 1 amide bonds. The SMILES string of the molecule is CCCN(C)CC(=O)N1CCCCC1C(=O)C(C)C. The van der Waals surface area contributed by atoms with Crippen molar-refractivity contribution >= 4 is 11.7 Å². The second-order valence-corrected chi connectivity index (χ2v) is 5.89. The van der Waals surface area contributed by atoms with Crippen LogP contribution in [-0.2, 0) is 9.59 Å². The van der Waals surface area contributed by atoms with Gasteiger partial charge < -0.3 is 4.90 Å². The maximum atomic E-state index is 12.4. The Morgan fingerprint density at radius 2 is 2.00 bits per heavy atom. The summed E-state index contributed by atoms with van der Waals surface area (Å²) in [4.78, 5) is 28.4. The van der Waals surface area contributed by atoms with Crippen molar-refractivity contribution in [3.8, 4) is 0 Å². The summed E-state index contributed by atoms with van der Waals surface area (Å²) in [6.07, 6.45) is 3.95. The van der Waals surface area contributed by atoms with Crippen molar-refractivity contribution in [3.05, 3.63) is 0 Å². The van der Waals surface area contributed by atoms with Gasteiger partial charge in [0.05, 0.1) is 12.6 Å². The van der Waals surface area contributed by atoms with Crippen LogP contribution >= 0.6 is 0 Å². The van der Waals surface area contributed by atoms with Crippen LogP contribution in [0.25, 0.3) is 0 Å². The van der Waals surface area contributed by atoms with E-state index in [9.17, 15) is 9.59 Å². The molecule has 1 aliphatic rings. The average Bonchev–Trinajstić information content (AvgIpc) is 2.37. The van der Waals surface area contributed by atoms with Crippen LogP contribution in [0.3, 0.4) is 0 Å². The van der Waals surface area contributed by atoms with Crippen LogP contribution in [-0.4, -0.2) is 54.2 Å². The first kappa shape index (κ1) is 16.2. The summed E-state index contributed by atoms with van der Waals surface area (Å²) in [5.74, 6) is 0.326. The highest BCUT2D eigenvalue weighted by molar-refractivity contribution is 5.90. The second-order valence-electron chi connectivity index (χ2n) is 5.89. The van der Waals surface area contributed by atoms with Crippen molar-refractivity contribution in [1.29, 1.82) is 0 Å². The number of nitrogens with zero attached hydrogens (tertiary/aromatic N) is 2. The Hall–Kier alpha value is -0.900. The molecule has 0 aromatic heterocycles. The predicted octanol–water partition coefficient (Wildman–Crippen LogP) is 1.93. The molecule has 4 nitrogen and oxygen atoms in total. The molecule has 110 valence electrons. The average molecular weight is 268 g/mol. The molecule has 1 atom stereocenters. The number of piperidine rings is 1. The molecule has 0 radical (unpaired) electrons. The van der Waals surface area contributed by atoms with Crippen LogP contribution in [0.1, 0.15) is 46.5 Å². The normalized spacial score (nSPS) is 20.1. The standard InChI is InChI=1S/C15H28N2O2/c1-5-9-16(4)11-14(18)17-10-7-6-8-13(17)15(19)12(2)3/h12-13H,5-11H2,1-4H3. The number of rotatable bonds is 6. The summed E-state index contributed by atoms with van der Waals surface area (Å²) in [5.41, 5.74) is 0. The fraction of sp³-hybridized carbons (Fsp3) is 0.867. The lowest BCUT2D eigenvalue weighted by molar-refractivity contribution is -0.143. The molecule has 0 aromatic carbocycles. The number of amides is 1. The summed E-state index contributed by atoms with van der Waals surface area (Å²) in [7, 11) is 1.96. The Labute approximate surface area is 117 Å². The fourth-order valence-corrected chi connectivity index (χ4v) is 2.69. The molecule has 1 aliphatic heterocycles. The molecule has 0 saturated carbocycles. The van der Waals surface area contributed by atoms with Crippen LogP contribution in [0.5, 0.6) is 0 Å². The van der Waals surface area contributed by atoms with Crippen molar-refractivity contribution in [3.63, 3.8) is 0 Å². The third-order valence-electron chi connectivity index (χ3n) is 3.73. The highest BCUT2D eigenvalue weighted by Crippen LogP contribution is 2.20. The van der Waals surface area contributed by atoms with Gasteiger partial charge in [0, 0.05) is 12.5 Å². The molecular formula is C15H28N2O2. The van der Waals surface area contributed by atoms with E-state index in [4.69, 9.17) is 0 Å². The molecule has 19 heavy (non-hydrogen) atoms. The Morgan fingerprint density at radius 1 is 1.32 bits per heavy atom. The lowest BCUT2D eigenvalue weighted by Gasteiger charge is -2.36. The lowest BCUT2D eigenvalue weighted by atomic mass is 9.92. The number of Topliss-reactive ketones (excluding diaryl/α,β-unsaturated/α-hetero) is 1. The number of carbonyl (C=O) groups is 2. The highest BCUT2D eigenvalue weighted by atomic mass is 16.2. The number of likely N-dealkylation sites (N-methyl/N-ethyl adjacent to an activating group) is 1. The smallest absolute Gasteiger partial charge is 0.237 e. The van der Waals surface area contributed by atoms with Gasteiger partial charge in [0.25, 0.3) is 0 Å². The van der Waals surface area contributed by atoms with Crippen LogP contribution in [0.15, 0.2) is 0 Å². The first-order chi connectivity index (χ1) is 8.97. The number of ketones is 1. The molecule has 0 spiro atoms. The van der Waals surface area contributed by atoms with Gasteiger partial charge in [-0.25, -0.2) is 0 Å². The number of carbonyl (C=O) groups excluding carboxylic acids is 2. The number of likely N-dealkylation sites (tertiary alicyclic amines) is 1. The summed E-state index contributed by atoms with van der Waals surface area (Å²) in [6.45, 7) is 8.03. The maximum Gasteiger partial charge on any atom is 0.237 e. The van der Waals surface area contributed by atoms with Crippen molar-refractivity contribution < 1.29 is 9.59 Å². The van der Waals surface area contributed by atoms with Crippen molar-refractivity contribution in [2.45, 2.75) is 52.5 Å². The van der Waals surface area contributed by atoms with Crippen LogP contribution in [0.2, 0.25) is 0 Å². The molecule has 4 heteroatoms. The van der Waals surface area contributed by atoms with Gasteiger partial charge in [-0.15, -0.1) is 0 Å². The number of hydrogen-bond acceptors (Lipinski definition) is 3. The Balaban J connectivity index is 2.66. The molecule has 0 bridgehead atoms. The summed E-state index contributed by atoms with van der Waals surface area (Å²) < 4.78 is 0. The minimum absolute atomic E-state index is 0.00627. The van der Waals surface area contributed by atoms with E-state index in [1.807, 2.05) is 30.7 Å². The zero-order valence-corrected chi connectivity index (χ0v) is 12.8. The van der Waals surface area contributed by atoms with Gasteiger partial charge in [-0.3, -0.25) is 14.5 Å². The van der Waals surface area contributed by atoms with Gasteiger partial charge in [0.2, 0.25) is 5.91 Å². The monoisotopic (exact) mass is 268 g/mol. The van der Waals surface area contributed by atoms with Gasteiger partial charge in [-0.1, -0.05) is 20.8 Å². The number of hydrogen-bond donors (Lipinski definition) is 0. The van der Waals surface area contributed by atoms with E-state index in [-0.39, 0.29) is 23.7 Å². The van der Waals surface area contributed by atoms with Crippen LogP contribution in [0, 0.1) is 5.92 Å². The van der Waals surface area contributed by atoms with Gasteiger partial charge >= 0.3 is 0 Å². The van der Waals surface area contributed by atoms with E-state index >= 15 is 0 Å². The Kier molecular flexibility index (Phi) is 6.49. The van der Waals surface area contributed by atoms with Gasteiger partial charge in [-0.2, -0.15) is 0 Å². The highest BCUT2D eigenvalue weighted by Gasteiger charge is 2.33. The fourth-order valence-electron chi connectivity index (χ4n) is 2.69. The first-order valence-corrected chi connectivity index (χ1v) is 7.49. The van der Waals surface area contributed by atoms with E-state index < -0.39 is 0 Å². The van der Waals surface area contributed by atoms with Gasteiger partial charge in [0.15, 0.2) is 5.78 Å². The molecule has 0 N–H and O–H groups in total. The summed E-state index contributed by atoms with van der Waals surface area (Å²) >= 11 is 0. The maximum absolute atomic E-state index is 12.4. The van der Waals surface area contributed by atoms with Crippen molar-refractivity contribution in [1.82, 2.24) is 9.80 Å². The summed E-state index contributed by atoms with van der Waals surface area (Å²) in [5, 5.41) is 0. The molecule has 1 fully saturated rings. The Bertz CT molecular complexity index is 315. The minimum Gasteiger partial charge on any atom is -0.332 e. The minimum atomic E-state index is -0.184. The van der Waals surface area contributed by atoms with Crippen molar-refractivity contribution in [2.24, 2.45) is 5.92 Å². The van der Waals surface area contributed by atoms with Crippen molar-refractivity contribution in [2.75, 3.05) is 26.7 Å². The second kappa shape index (κ2) is 7.63. The topological polar surface area (TPSA) is 40.6 Å². The largest absolute Gasteiger partial charge is 0.332 e. The predicted molar refractivity (Wildman–Crippen MR) is 77.0 cm³/mol. The quantitative estimate of drug-likeness (QED) is 0.739. The third-order valence-corrected chi connectivity index (χ3v) is 3.73. The molecule has 1 rings (SSSR count). The molecular weight excluding hydrogens is 240 g/mol. The lowest BCUT2D eigenvalue weighted by Crippen LogP contribution is -2.51. The first-order valence-electron chi connectivity index (χ1n) is 7.49. The van der Waals surface area contributed by atoms with E-state index in [0.29, 0.717) is 6.54 Å². The van der Waals surface area contributed by atoms with Crippen LogP contribution < -0.4 is 0 Å². The van der Waals surface area contributed by atoms with E-state index in [1.165, 1.54) is 0 Å². The molecule has 0 aliphatic carbocycles. The van der Waals surface area contributed by atoms with Crippen LogP contribution in [0.4, 0.5) is 0 Å². The summed E-state index contributed by atoms with van der Waals surface area (Å²) in [6, 6.07) is -0.184. The molecule has 1 unspecified atom stereocenters. The zero-order valence-electron chi connectivity index (χ0n) is 12.8. The van der Waals surface area contributed by atoms with Gasteiger partial charge in [-0.05, 0) is 39.3 Å². The molecule has 1 heterocycles. The van der Waals surface area contributed by atoms with Gasteiger partial charge in [0.1, 0.15) is 0 Å².